The molecule has 5 rings (SSSR count). The van der Waals surface area contributed by atoms with Crippen LogP contribution in [0.25, 0.3) is 16.3 Å². The minimum atomic E-state index is -0.369. The molecule has 0 aromatic heterocycles. The lowest BCUT2D eigenvalue weighted by atomic mass is 9.99. The van der Waals surface area contributed by atoms with Crippen molar-refractivity contribution in [3.05, 3.63) is 118 Å². The lowest BCUT2D eigenvalue weighted by Gasteiger charge is -2.16. The van der Waals surface area contributed by atoms with Crippen LogP contribution in [0.3, 0.4) is 0 Å². The highest BCUT2D eigenvalue weighted by Crippen LogP contribution is 2.34. The largest absolute Gasteiger partial charge is 0.350 e. The standard InChI is InChI=1S/C29H23ClN2O2/c1-18-14-15-21(16-19(18)2)26-27(31-25-13-7-10-20-8-3-5-11-23(20)25)29(34)32(28(26)33)17-22-9-4-6-12-24(22)30/h3-16,31H,17H2,1-2H3. The number of nitrogens with one attached hydrogen (secondary N) is 1. The van der Waals surface area contributed by atoms with Gasteiger partial charge in [0.05, 0.1) is 12.1 Å². The Morgan fingerprint density at radius 2 is 1.53 bits per heavy atom. The second kappa shape index (κ2) is 8.81. The van der Waals surface area contributed by atoms with E-state index < -0.39 is 0 Å². The predicted molar refractivity (Wildman–Crippen MR) is 137 cm³/mol. The number of benzene rings is 4. The van der Waals surface area contributed by atoms with E-state index in [0.717, 1.165) is 33.2 Å². The molecule has 34 heavy (non-hydrogen) atoms. The average Bonchev–Trinajstić information content (AvgIpc) is 3.06. The van der Waals surface area contributed by atoms with Crippen molar-refractivity contribution in [2.24, 2.45) is 0 Å². The number of imide groups is 1. The molecule has 168 valence electrons. The summed E-state index contributed by atoms with van der Waals surface area (Å²) >= 11 is 6.34. The Bertz CT molecular complexity index is 1480. The van der Waals surface area contributed by atoms with Gasteiger partial charge in [0.2, 0.25) is 0 Å². The summed E-state index contributed by atoms with van der Waals surface area (Å²) in [7, 11) is 0. The molecule has 0 bridgehead atoms. The monoisotopic (exact) mass is 466 g/mol. The molecule has 0 unspecified atom stereocenters. The molecule has 5 heteroatoms. The maximum absolute atomic E-state index is 13.7. The Labute approximate surface area is 203 Å². The molecule has 0 saturated heterocycles. The predicted octanol–water partition coefficient (Wildman–Crippen LogP) is 6.50. The molecule has 4 aromatic carbocycles. The van der Waals surface area contributed by atoms with Gasteiger partial charge in [0.15, 0.2) is 0 Å². The van der Waals surface area contributed by atoms with E-state index in [1.54, 1.807) is 6.07 Å². The number of fused-ring (bicyclic) bond motifs is 1. The summed E-state index contributed by atoms with van der Waals surface area (Å²) in [5.74, 6) is -0.706. The van der Waals surface area contributed by atoms with Crippen molar-refractivity contribution in [2.75, 3.05) is 5.32 Å². The van der Waals surface area contributed by atoms with Gasteiger partial charge in [-0.2, -0.15) is 0 Å². The van der Waals surface area contributed by atoms with Gasteiger partial charge < -0.3 is 5.32 Å². The zero-order valence-electron chi connectivity index (χ0n) is 18.9. The third kappa shape index (κ3) is 3.87. The van der Waals surface area contributed by atoms with Crippen molar-refractivity contribution < 1.29 is 9.59 Å². The van der Waals surface area contributed by atoms with Crippen molar-refractivity contribution in [3.63, 3.8) is 0 Å². The molecule has 1 N–H and O–H groups in total. The molecule has 4 aromatic rings. The fourth-order valence-electron chi connectivity index (χ4n) is 4.27. The van der Waals surface area contributed by atoms with E-state index >= 15 is 0 Å². The molecule has 1 aliphatic heterocycles. The summed E-state index contributed by atoms with van der Waals surface area (Å²) < 4.78 is 0. The summed E-state index contributed by atoms with van der Waals surface area (Å²) in [6.07, 6.45) is 0. The van der Waals surface area contributed by atoms with Crippen molar-refractivity contribution in [2.45, 2.75) is 20.4 Å². The Morgan fingerprint density at radius 1 is 0.794 bits per heavy atom. The maximum atomic E-state index is 13.7. The molecular weight excluding hydrogens is 444 g/mol. The van der Waals surface area contributed by atoms with Gasteiger partial charge >= 0.3 is 0 Å². The number of carbonyl (C=O) groups excluding carboxylic acids is 2. The number of carbonyl (C=O) groups is 2. The number of hydrogen-bond donors (Lipinski definition) is 1. The summed E-state index contributed by atoms with van der Waals surface area (Å²) in [5.41, 5.74) is 5.03. The number of halogens is 1. The number of amides is 2. The summed E-state index contributed by atoms with van der Waals surface area (Å²) in [5, 5.41) is 5.85. The SMILES string of the molecule is Cc1ccc(C2=C(Nc3cccc4ccccc34)C(=O)N(Cc3ccccc3Cl)C2=O)cc1C. The molecule has 4 nitrogen and oxygen atoms in total. The first-order valence-corrected chi connectivity index (χ1v) is 11.5. The average molecular weight is 467 g/mol. The van der Waals surface area contributed by atoms with Crippen LogP contribution in [0.15, 0.2) is 90.6 Å². The van der Waals surface area contributed by atoms with Crippen molar-refractivity contribution >= 4 is 45.4 Å². The van der Waals surface area contributed by atoms with E-state index in [0.29, 0.717) is 16.2 Å². The number of aryl methyl sites for hydroxylation is 2. The Kier molecular flexibility index (Phi) is 5.68. The summed E-state index contributed by atoms with van der Waals surface area (Å²) in [6.45, 7) is 4.13. The molecule has 1 aliphatic rings. The summed E-state index contributed by atoms with van der Waals surface area (Å²) in [4.78, 5) is 28.6. The van der Waals surface area contributed by atoms with Crippen LogP contribution in [0.2, 0.25) is 5.02 Å². The Hall–Kier alpha value is -3.89. The molecule has 0 fully saturated rings. The van der Waals surface area contributed by atoms with Gasteiger partial charge in [-0.05, 0) is 53.6 Å². The van der Waals surface area contributed by atoms with Crippen molar-refractivity contribution in [3.8, 4) is 0 Å². The molecule has 0 spiro atoms. The van der Waals surface area contributed by atoms with Gasteiger partial charge in [-0.3, -0.25) is 14.5 Å². The summed E-state index contributed by atoms with van der Waals surface area (Å²) in [6, 6.07) is 26.9. The van der Waals surface area contributed by atoms with Gasteiger partial charge in [-0.1, -0.05) is 84.4 Å². The zero-order chi connectivity index (χ0) is 23.8. The molecule has 2 amide bonds. The van der Waals surface area contributed by atoms with Gasteiger partial charge in [-0.15, -0.1) is 0 Å². The second-order valence-electron chi connectivity index (χ2n) is 8.49. The topological polar surface area (TPSA) is 49.4 Å². The highest BCUT2D eigenvalue weighted by molar-refractivity contribution is 6.37. The number of nitrogens with zero attached hydrogens (tertiary/aromatic N) is 1. The normalized spacial score (nSPS) is 13.8. The van der Waals surface area contributed by atoms with Crippen LogP contribution in [-0.2, 0) is 16.1 Å². The molecule has 0 aliphatic carbocycles. The van der Waals surface area contributed by atoms with Crippen LogP contribution in [0.5, 0.6) is 0 Å². The van der Waals surface area contributed by atoms with E-state index in [1.165, 1.54) is 4.90 Å². The van der Waals surface area contributed by atoms with Gasteiger partial charge in [0.1, 0.15) is 5.70 Å². The van der Waals surface area contributed by atoms with Gasteiger partial charge in [0.25, 0.3) is 11.8 Å². The van der Waals surface area contributed by atoms with Crippen LogP contribution in [0, 0.1) is 13.8 Å². The first-order valence-electron chi connectivity index (χ1n) is 11.1. The number of hydrogen-bond acceptors (Lipinski definition) is 3. The molecule has 1 heterocycles. The second-order valence-corrected chi connectivity index (χ2v) is 8.90. The Morgan fingerprint density at radius 3 is 2.32 bits per heavy atom. The third-order valence-corrected chi connectivity index (χ3v) is 6.67. The van der Waals surface area contributed by atoms with Crippen molar-refractivity contribution in [1.29, 1.82) is 0 Å². The molecule has 0 saturated carbocycles. The van der Waals surface area contributed by atoms with Crippen LogP contribution in [-0.4, -0.2) is 16.7 Å². The van der Waals surface area contributed by atoms with Crippen molar-refractivity contribution in [1.82, 2.24) is 4.90 Å². The number of anilines is 1. The lowest BCUT2D eigenvalue weighted by Crippen LogP contribution is -2.32. The third-order valence-electron chi connectivity index (χ3n) is 6.30. The smallest absolute Gasteiger partial charge is 0.278 e. The minimum Gasteiger partial charge on any atom is -0.350 e. The maximum Gasteiger partial charge on any atom is 0.278 e. The van der Waals surface area contributed by atoms with Crippen LogP contribution >= 0.6 is 11.6 Å². The first-order chi connectivity index (χ1) is 16.4. The highest BCUT2D eigenvalue weighted by atomic mass is 35.5. The van der Waals surface area contributed by atoms with E-state index in [9.17, 15) is 9.59 Å². The van der Waals surface area contributed by atoms with Gasteiger partial charge in [0, 0.05) is 16.1 Å². The van der Waals surface area contributed by atoms with Crippen LogP contribution in [0.1, 0.15) is 22.3 Å². The van der Waals surface area contributed by atoms with E-state index in [2.05, 4.69) is 5.32 Å². The van der Waals surface area contributed by atoms with Crippen LogP contribution < -0.4 is 5.32 Å². The van der Waals surface area contributed by atoms with E-state index in [1.807, 2.05) is 92.7 Å². The Balaban J connectivity index is 1.62. The first kappa shape index (κ1) is 21.9. The van der Waals surface area contributed by atoms with Crippen LogP contribution in [0.4, 0.5) is 5.69 Å². The molecule has 0 radical (unpaired) electrons. The zero-order valence-corrected chi connectivity index (χ0v) is 19.7. The number of rotatable bonds is 5. The fraction of sp³-hybridized carbons (Fsp3) is 0.103. The fourth-order valence-corrected chi connectivity index (χ4v) is 4.46. The highest BCUT2D eigenvalue weighted by Gasteiger charge is 2.39. The molecule has 0 atom stereocenters. The molecular formula is C29H23ClN2O2. The van der Waals surface area contributed by atoms with E-state index in [4.69, 9.17) is 11.6 Å². The van der Waals surface area contributed by atoms with E-state index in [-0.39, 0.29) is 24.1 Å². The van der Waals surface area contributed by atoms with Gasteiger partial charge in [-0.25, -0.2) is 0 Å². The lowest BCUT2D eigenvalue weighted by molar-refractivity contribution is -0.137. The minimum absolute atomic E-state index is 0.104. The quantitative estimate of drug-likeness (QED) is 0.341.